The van der Waals surface area contributed by atoms with Crippen LogP contribution in [0.1, 0.15) is 37.2 Å². The fourth-order valence-corrected chi connectivity index (χ4v) is 4.62. The molecule has 0 aliphatic carbocycles. The zero-order chi connectivity index (χ0) is 24.7. The Balaban J connectivity index is 1.42. The molecule has 1 fully saturated rings. The smallest absolute Gasteiger partial charge is 0.410 e. The molecule has 3 heterocycles. The molecule has 5 rings (SSSR count). The normalized spacial score (nSPS) is 18.9. The number of nitrogens with one attached hydrogen (secondary N) is 1. The van der Waals surface area contributed by atoms with Crippen molar-refractivity contribution in [3.8, 4) is 22.8 Å². The summed E-state index contributed by atoms with van der Waals surface area (Å²) < 4.78 is 13.2. The molecule has 2 atom stereocenters. The van der Waals surface area contributed by atoms with E-state index in [1.54, 1.807) is 4.90 Å². The predicted octanol–water partition coefficient (Wildman–Crippen LogP) is 4.27. The van der Waals surface area contributed by atoms with E-state index >= 15 is 0 Å². The molecule has 1 saturated heterocycles. The number of ether oxygens (including phenoxy) is 2. The zero-order valence-corrected chi connectivity index (χ0v) is 20.0. The Morgan fingerprint density at radius 1 is 1.03 bits per heavy atom. The highest BCUT2D eigenvalue weighted by Gasteiger charge is 2.43. The number of likely N-dealkylation sites (tertiary alicyclic amines) is 1. The van der Waals surface area contributed by atoms with Gasteiger partial charge in [-0.2, -0.15) is 5.10 Å². The van der Waals surface area contributed by atoms with Gasteiger partial charge in [-0.25, -0.2) is 9.48 Å². The number of nitrogens with zero attached hydrogens (tertiary/aromatic N) is 3. The maximum absolute atomic E-state index is 12.6. The van der Waals surface area contributed by atoms with Crippen LogP contribution < -0.4 is 15.8 Å². The summed E-state index contributed by atoms with van der Waals surface area (Å²) in [6.07, 6.45) is -0.343. The Morgan fingerprint density at radius 3 is 2.37 bits per heavy atom. The molecule has 2 amide bonds. The number of fused-ring (bicyclic) bond motifs is 3. The van der Waals surface area contributed by atoms with E-state index < -0.39 is 11.5 Å². The van der Waals surface area contributed by atoms with Crippen LogP contribution in [-0.4, -0.2) is 51.9 Å². The standard InChI is InChI=1S/C26H29N5O4/c1-26(2,3)35-25(33)30-14-17-13-28-24-21(23(27)32)22(29-31(24)20(17)15-30)16-9-11-19(12-10-16)34-18-7-5-4-6-8-18/h4-12,17,20,28H,13-15H2,1-3H3,(H2,27,32)/t17-,20+/m1/s1. The Labute approximate surface area is 203 Å². The minimum absolute atomic E-state index is 0.0775. The Morgan fingerprint density at radius 2 is 1.71 bits per heavy atom. The number of primary amides is 1. The molecule has 0 unspecified atom stereocenters. The van der Waals surface area contributed by atoms with E-state index in [0.717, 1.165) is 11.3 Å². The Bertz CT molecular complexity index is 1250. The van der Waals surface area contributed by atoms with Gasteiger partial charge >= 0.3 is 6.09 Å². The molecule has 182 valence electrons. The highest BCUT2D eigenvalue weighted by molar-refractivity contribution is 6.04. The van der Waals surface area contributed by atoms with Gasteiger partial charge in [-0.3, -0.25) is 4.79 Å². The first-order valence-corrected chi connectivity index (χ1v) is 11.7. The van der Waals surface area contributed by atoms with Crippen LogP contribution in [0.5, 0.6) is 11.5 Å². The lowest BCUT2D eigenvalue weighted by Gasteiger charge is -2.27. The van der Waals surface area contributed by atoms with Gasteiger partial charge in [-0.05, 0) is 57.2 Å². The van der Waals surface area contributed by atoms with Gasteiger partial charge in [0.2, 0.25) is 0 Å². The van der Waals surface area contributed by atoms with Crippen molar-refractivity contribution in [2.75, 3.05) is 25.0 Å². The van der Waals surface area contributed by atoms with Gasteiger partial charge in [0, 0.05) is 31.1 Å². The van der Waals surface area contributed by atoms with E-state index in [1.165, 1.54) is 0 Å². The van der Waals surface area contributed by atoms with Crippen molar-refractivity contribution in [3.05, 3.63) is 60.2 Å². The fourth-order valence-electron chi connectivity index (χ4n) is 4.62. The van der Waals surface area contributed by atoms with E-state index in [1.807, 2.05) is 80.1 Å². The second-order valence-electron chi connectivity index (χ2n) is 9.91. The first kappa shape index (κ1) is 22.8. The van der Waals surface area contributed by atoms with Crippen LogP contribution in [0.15, 0.2) is 54.6 Å². The highest BCUT2D eigenvalue weighted by atomic mass is 16.6. The highest BCUT2D eigenvalue weighted by Crippen LogP contribution is 2.40. The van der Waals surface area contributed by atoms with Crippen LogP contribution in [0.2, 0.25) is 0 Å². The largest absolute Gasteiger partial charge is 0.457 e. The van der Waals surface area contributed by atoms with Crippen molar-refractivity contribution < 1.29 is 19.1 Å². The van der Waals surface area contributed by atoms with Crippen molar-refractivity contribution in [1.82, 2.24) is 14.7 Å². The SMILES string of the molecule is CC(C)(C)OC(=O)N1C[C@H]2CNc3c(C(N)=O)c(-c4ccc(Oc5ccccc5)cc4)nn3[C@H]2C1. The summed E-state index contributed by atoms with van der Waals surface area (Å²) in [5, 5.41) is 8.12. The average Bonchev–Trinajstić information content (AvgIpc) is 3.41. The molecular weight excluding hydrogens is 446 g/mol. The minimum Gasteiger partial charge on any atom is -0.457 e. The van der Waals surface area contributed by atoms with Crippen molar-refractivity contribution in [3.63, 3.8) is 0 Å². The van der Waals surface area contributed by atoms with Gasteiger partial charge in [-0.15, -0.1) is 0 Å². The first-order valence-electron chi connectivity index (χ1n) is 11.7. The molecule has 2 aliphatic rings. The van der Waals surface area contributed by atoms with Gasteiger partial charge in [0.05, 0.1) is 6.04 Å². The number of carbonyl (C=O) groups excluding carboxylic acids is 2. The fraction of sp³-hybridized carbons (Fsp3) is 0.346. The summed E-state index contributed by atoms with van der Waals surface area (Å²) in [4.78, 5) is 26.8. The second kappa shape index (κ2) is 8.65. The number of benzene rings is 2. The van der Waals surface area contributed by atoms with E-state index in [9.17, 15) is 9.59 Å². The number of rotatable bonds is 4. The number of hydrogen-bond acceptors (Lipinski definition) is 6. The monoisotopic (exact) mass is 475 g/mol. The van der Waals surface area contributed by atoms with Gasteiger partial charge in [0.15, 0.2) is 0 Å². The van der Waals surface area contributed by atoms with E-state index in [2.05, 4.69) is 5.32 Å². The molecule has 2 aromatic carbocycles. The van der Waals surface area contributed by atoms with Crippen LogP contribution in [0.25, 0.3) is 11.3 Å². The number of carbonyl (C=O) groups is 2. The van der Waals surface area contributed by atoms with Gasteiger partial charge < -0.3 is 25.4 Å². The number of amides is 2. The Kier molecular flexibility index (Phi) is 5.62. The van der Waals surface area contributed by atoms with Crippen LogP contribution in [0.3, 0.4) is 0 Å². The molecule has 0 radical (unpaired) electrons. The van der Waals surface area contributed by atoms with E-state index in [4.69, 9.17) is 20.3 Å². The summed E-state index contributed by atoms with van der Waals surface area (Å²) in [7, 11) is 0. The molecule has 3 N–H and O–H groups in total. The third-order valence-electron chi connectivity index (χ3n) is 6.17. The van der Waals surface area contributed by atoms with Gasteiger partial charge in [-0.1, -0.05) is 18.2 Å². The summed E-state index contributed by atoms with van der Waals surface area (Å²) in [5.41, 5.74) is 6.82. The van der Waals surface area contributed by atoms with Crippen molar-refractivity contribution in [2.24, 2.45) is 11.7 Å². The molecule has 3 aromatic rings. The van der Waals surface area contributed by atoms with Crippen molar-refractivity contribution in [1.29, 1.82) is 0 Å². The maximum atomic E-state index is 12.6. The zero-order valence-electron chi connectivity index (χ0n) is 20.0. The molecular formula is C26H29N5O4. The molecule has 0 bridgehead atoms. The van der Waals surface area contributed by atoms with Gasteiger partial charge in [0.1, 0.15) is 34.2 Å². The van der Waals surface area contributed by atoms with Crippen molar-refractivity contribution in [2.45, 2.75) is 32.4 Å². The van der Waals surface area contributed by atoms with Gasteiger partial charge in [0.25, 0.3) is 5.91 Å². The van der Waals surface area contributed by atoms with Crippen LogP contribution >= 0.6 is 0 Å². The first-order chi connectivity index (χ1) is 16.7. The number of anilines is 1. The summed E-state index contributed by atoms with van der Waals surface area (Å²) in [5.74, 6) is 1.58. The van der Waals surface area contributed by atoms with E-state index in [-0.39, 0.29) is 18.1 Å². The minimum atomic E-state index is -0.567. The Hall–Kier alpha value is -4.01. The molecule has 35 heavy (non-hydrogen) atoms. The third kappa shape index (κ3) is 4.53. The average molecular weight is 476 g/mol. The quantitative estimate of drug-likeness (QED) is 0.583. The lowest BCUT2D eigenvalue weighted by atomic mass is 10.0. The topological polar surface area (TPSA) is 112 Å². The van der Waals surface area contributed by atoms with Crippen LogP contribution in [0, 0.1) is 5.92 Å². The summed E-state index contributed by atoms with van der Waals surface area (Å²) in [6, 6.07) is 16.8. The molecule has 9 heteroatoms. The summed E-state index contributed by atoms with van der Waals surface area (Å²) in [6.45, 7) is 7.17. The lowest BCUT2D eigenvalue weighted by Crippen LogP contribution is -2.35. The number of hydrogen-bond donors (Lipinski definition) is 2. The lowest BCUT2D eigenvalue weighted by molar-refractivity contribution is 0.0285. The maximum Gasteiger partial charge on any atom is 0.410 e. The van der Waals surface area contributed by atoms with Crippen LogP contribution in [0.4, 0.5) is 10.6 Å². The number of para-hydroxylation sites is 1. The predicted molar refractivity (Wildman–Crippen MR) is 132 cm³/mol. The second-order valence-corrected chi connectivity index (χ2v) is 9.91. The number of aromatic nitrogens is 2. The molecule has 9 nitrogen and oxygen atoms in total. The van der Waals surface area contributed by atoms with Crippen molar-refractivity contribution >= 4 is 17.8 Å². The number of nitrogens with two attached hydrogens (primary N) is 1. The summed E-state index contributed by atoms with van der Waals surface area (Å²) >= 11 is 0. The van der Waals surface area contributed by atoms with E-state index in [0.29, 0.717) is 42.5 Å². The van der Waals surface area contributed by atoms with Crippen LogP contribution in [-0.2, 0) is 4.74 Å². The third-order valence-corrected chi connectivity index (χ3v) is 6.17. The molecule has 1 aromatic heterocycles. The molecule has 0 saturated carbocycles. The molecule has 0 spiro atoms. The molecule has 2 aliphatic heterocycles.